The van der Waals surface area contributed by atoms with Crippen LogP contribution in [0.2, 0.25) is 0 Å². The Balaban J connectivity index is 0.0000230. The SMILES string of the molecule is CCCCCCCCC/C=C/CCCCCOC(=O)c1cccc(S(=O)(=O)[O-])c1C(=O)OCCCCC/C=C/CCCCCCCCC.[K+]. The summed E-state index contributed by atoms with van der Waals surface area (Å²) in [7, 11) is -5.02. The number of esters is 2. The third-order valence-electron chi connectivity index (χ3n) is 8.50. The second kappa shape index (κ2) is 33.1. The molecule has 274 valence electrons. The number of rotatable bonds is 31. The summed E-state index contributed by atoms with van der Waals surface area (Å²) in [5, 5.41) is 0. The molecule has 0 aliphatic carbocycles. The molecule has 0 saturated carbocycles. The van der Waals surface area contributed by atoms with Crippen LogP contribution in [-0.2, 0) is 19.6 Å². The Morgan fingerprint density at radius 2 is 0.939 bits per heavy atom. The van der Waals surface area contributed by atoms with Crippen molar-refractivity contribution in [3.05, 3.63) is 53.6 Å². The zero-order valence-corrected chi connectivity index (χ0v) is 35.1. The monoisotopic (exact) mass is 728 g/mol. The molecule has 49 heavy (non-hydrogen) atoms. The maximum Gasteiger partial charge on any atom is 1.00 e. The van der Waals surface area contributed by atoms with Crippen molar-refractivity contribution in [2.45, 2.75) is 173 Å². The van der Waals surface area contributed by atoms with Gasteiger partial charge in [0.1, 0.15) is 10.1 Å². The summed E-state index contributed by atoms with van der Waals surface area (Å²) in [6.07, 6.45) is 36.2. The predicted octanol–water partition coefficient (Wildman–Crippen LogP) is 8.42. The third-order valence-corrected chi connectivity index (χ3v) is 9.38. The second-order valence-corrected chi connectivity index (χ2v) is 14.2. The summed E-state index contributed by atoms with van der Waals surface area (Å²) in [5.41, 5.74) is -0.812. The number of hydrogen-bond acceptors (Lipinski definition) is 7. The van der Waals surface area contributed by atoms with Crippen molar-refractivity contribution in [3.63, 3.8) is 0 Å². The zero-order valence-electron chi connectivity index (χ0n) is 31.2. The Hall–Kier alpha value is -0.814. The number of benzene rings is 1. The van der Waals surface area contributed by atoms with Crippen LogP contribution in [0.15, 0.2) is 47.4 Å². The summed E-state index contributed by atoms with van der Waals surface area (Å²) in [5.74, 6) is -1.85. The Bertz CT molecular complexity index is 1150. The number of unbranched alkanes of at least 4 members (excludes halogenated alkanes) is 20. The van der Waals surface area contributed by atoms with Crippen molar-refractivity contribution in [2.24, 2.45) is 0 Å². The molecule has 1 aromatic rings. The summed E-state index contributed by atoms with van der Waals surface area (Å²) >= 11 is 0. The molecule has 0 radical (unpaired) electrons. The molecule has 0 bridgehead atoms. The second-order valence-electron chi connectivity index (χ2n) is 12.9. The van der Waals surface area contributed by atoms with Gasteiger partial charge in [0, 0.05) is 0 Å². The van der Waals surface area contributed by atoms with E-state index in [1.165, 1.54) is 102 Å². The fourth-order valence-corrected chi connectivity index (χ4v) is 6.28. The van der Waals surface area contributed by atoms with Gasteiger partial charge in [0.15, 0.2) is 0 Å². The van der Waals surface area contributed by atoms with Crippen LogP contribution in [0.1, 0.15) is 189 Å². The van der Waals surface area contributed by atoms with Crippen molar-refractivity contribution < 1.29 is 83.4 Å². The van der Waals surface area contributed by atoms with Crippen LogP contribution in [0.25, 0.3) is 0 Å². The third kappa shape index (κ3) is 25.7. The molecule has 0 atom stereocenters. The van der Waals surface area contributed by atoms with Crippen molar-refractivity contribution >= 4 is 22.1 Å². The minimum atomic E-state index is -5.02. The van der Waals surface area contributed by atoms with Crippen molar-refractivity contribution in [3.8, 4) is 0 Å². The fourth-order valence-electron chi connectivity index (χ4n) is 5.59. The first-order valence-electron chi connectivity index (χ1n) is 19.1. The van der Waals surface area contributed by atoms with Gasteiger partial charge in [0.25, 0.3) is 0 Å². The molecule has 7 nitrogen and oxygen atoms in total. The molecular formula is C40H65KO7S. The molecule has 0 N–H and O–H groups in total. The fraction of sp³-hybridized carbons (Fsp3) is 0.700. The topological polar surface area (TPSA) is 110 Å². The van der Waals surface area contributed by atoms with E-state index in [0.717, 1.165) is 57.4 Å². The van der Waals surface area contributed by atoms with E-state index in [9.17, 15) is 22.6 Å². The van der Waals surface area contributed by atoms with Gasteiger partial charge in [-0.15, -0.1) is 0 Å². The molecule has 1 aromatic carbocycles. The summed E-state index contributed by atoms with van der Waals surface area (Å²) < 4.78 is 46.5. The van der Waals surface area contributed by atoms with Crippen LogP contribution in [-0.4, -0.2) is 38.1 Å². The van der Waals surface area contributed by atoms with Crippen LogP contribution >= 0.6 is 0 Å². The van der Waals surface area contributed by atoms with E-state index in [2.05, 4.69) is 38.2 Å². The number of carbonyl (C=O) groups excluding carboxylic acids is 2. The Morgan fingerprint density at radius 3 is 1.35 bits per heavy atom. The van der Waals surface area contributed by atoms with Crippen LogP contribution in [0.5, 0.6) is 0 Å². The van der Waals surface area contributed by atoms with Gasteiger partial charge in [-0.25, -0.2) is 18.0 Å². The average Bonchev–Trinajstić information content (AvgIpc) is 3.07. The van der Waals surface area contributed by atoms with Gasteiger partial charge in [-0.05, 0) is 89.2 Å². The Labute approximate surface area is 342 Å². The van der Waals surface area contributed by atoms with E-state index in [0.29, 0.717) is 12.8 Å². The zero-order chi connectivity index (χ0) is 35.1. The van der Waals surface area contributed by atoms with Gasteiger partial charge in [0.05, 0.1) is 29.2 Å². The average molecular weight is 729 g/mol. The Morgan fingerprint density at radius 1 is 0.571 bits per heavy atom. The minimum Gasteiger partial charge on any atom is -0.744 e. The number of hydrogen-bond donors (Lipinski definition) is 0. The van der Waals surface area contributed by atoms with E-state index in [1.54, 1.807) is 0 Å². The molecule has 0 heterocycles. The largest absolute Gasteiger partial charge is 1.00 e. The van der Waals surface area contributed by atoms with Crippen LogP contribution in [0, 0.1) is 0 Å². The molecule has 1 rings (SSSR count). The molecule has 0 spiro atoms. The first-order valence-corrected chi connectivity index (χ1v) is 20.5. The van der Waals surface area contributed by atoms with Crippen LogP contribution in [0.4, 0.5) is 0 Å². The molecule has 0 saturated heterocycles. The van der Waals surface area contributed by atoms with Crippen LogP contribution < -0.4 is 51.4 Å². The molecule has 0 aliphatic rings. The van der Waals surface area contributed by atoms with Gasteiger partial charge < -0.3 is 14.0 Å². The molecule has 0 aromatic heterocycles. The number of ether oxygens (including phenoxy) is 2. The van der Waals surface area contributed by atoms with Gasteiger partial charge in [-0.1, -0.05) is 121 Å². The molecule has 0 aliphatic heterocycles. The molecule has 0 fully saturated rings. The minimum absolute atomic E-state index is 0. The van der Waals surface area contributed by atoms with Crippen molar-refractivity contribution in [1.29, 1.82) is 0 Å². The number of allylic oxidation sites excluding steroid dienone is 4. The molecule has 9 heteroatoms. The maximum absolute atomic E-state index is 12.9. The first-order chi connectivity index (χ1) is 23.3. The summed E-state index contributed by atoms with van der Waals surface area (Å²) in [6.45, 7) is 4.67. The van der Waals surface area contributed by atoms with Crippen molar-refractivity contribution in [1.82, 2.24) is 0 Å². The van der Waals surface area contributed by atoms with E-state index in [-0.39, 0.29) is 70.2 Å². The van der Waals surface area contributed by atoms with E-state index in [4.69, 9.17) is 9.47 Å². The maximum atomic E-state index is 12.9. The molecular weight excluding hydrogens is 664 g/mol. The van der Waals surface area contributed by atoms with Gasteiger partial charge >= 0.3 is 63.3 Å². The summed E-state index contributed by atoms with van der Waals surface area (Å²) in [4.78, 5) is 25.0. The molecule has 0 unspecified atom stereocenters. The van der Waals surface area contributed by atoms with E-state index >= 15 is 0 Å². The Kier molecular flexibility index (Phi) is 32.5. The van der Waals surface area contributed by atoms with Gasteiger partial charge in [-0.2, -0.15) is 0 Å². The quantitative estimate of drug-likeness (QED) is 0.0248. The predicted molar refractivity (Wildman–Crippen MR) is 195 cm³/mol. The van der Waals surface area contributed by atoms with Gasteiger partial charge in [0.2, 0.25) is 0 Å². The molecule has 0 amide bonds. The standard InChI is InChI=1S/C40H66O7S.K/c1-3-5-7-9-11-13-15-17-19-21-23-25-27-29-34-46-39(41)36-32-31-33-37(48(43,44)45)38(36)40(42)47-35-30-28-26-24-22-20-18-16-14-12-10-8-6-4-2;/h19-22,31-33H,3-18,23-30,34-35H2,1-2H3,(H,43,44,45);/q;+1/p-1/b21-19+,22-20+;. The summed E-state index contributed by atoms with van der Waals surface area (Å²) in [6, 6.07) is 3.58. The van der Waals surface area contributed by atoms with Crippen LogP contribution in [0.3, 0.4) is 0 Å². The first kappa shape index (κ1) is 48.2. The normalized spacial score (nSPS) is 11.7. The van der Waals surface area contributed by atoms with E-state index in [1.807, 2.05) is 0 Å². The smallest absolute Gasteiger partial charge is 0.744 e. The number of carbonyl (C=O) groups is 2. The van der Waals surface area contributed by atoms with Gasteiger partial charge in [-0.3, -0.25) is 0 Å². The van der Waals surface area contributed by atoms with Crippen molar-refractivity contribution in [2.75, 3.05) is 13.2 Å². The van der Waals surface area contributed by atoms with E-state index < -0.39 is 32.5 Å².